The topological polar surface area (TPSA) is 46.2 Å². The van der Waals surface area contributed by atoms with Gasteiger partial charge in [-0.15, -0.1) is 11.8 Å². The van der Waals surface area contributed by atoms with E-state index >= 15 is 0 Å². The summed E-state index contributed by atoms with van der Waals surface area (Å²) in [6, 6.07) is 35.7. The van der Waals surface area contributed by atoms with Crippen molar-refractivity contribution in [2.45, 2.75) is 108 Å². The zero-order valence-corrected chi connectivity index (χ0v) is 31.5. The zero-order chi connectivity index (χ0) is 34.1. The fourth-order valence-electron chi connectivity index (χ4n) is 7.51. The van der Waals surface area contributed by atoms with E-state index in [9.17, 15) is 0 Å². The van der Waals surface area contributed by atoms with Gasteiger partial charge >= 0.3 is 0 Å². The molecule has 1 saturated heterocycles. The van der Waals surface area contributed by atoms with Crippen molar-refractivity contribution in [3.63, 3.8) is 0 Å². The van der Waals surface area contributed by atoms with Gasteiger partial charge < -0.3 is 23.4 Å². The Labute approximate surface area is 293 Å². The van der Waals surface area contributed by atoms with E-state index in [1.54, 1.807) is 11.8 Å². The van der Waals surface area contributed by atoms with E-state index in [0.29, 0.717) is 43.1 Å². The average molecular weight is 687 g/mol. The van der Waals surface area contributed by atoms with Gasteiger partial charge in [-0.2, -0.15) is 0 Å². The molecule has 7 heteroatoms. The molecule has 0 amide bonds. The molecule has 1 heterocycles. The molecule has 5 rings (SSSR count). The molecule has 5 nitrogen and oxygen atoms in total. The molecule has 258 valence electrons. The minimum Gasteiger partial charge on any atom is -0.408 e. The van der Waals surface area contributed by atoms with Gasteiger partial charge in [-0.05, 0) is 56.4 Å². The van der Waals surface area contributed by atoms with Crippen LogP contribution >= 0.6 is 11.8 Å². The zero-order valence-electron chi connectivity index (χ0n) is 29.7. The average Bonchev–Trinajstić information content (AvgIpc) is 3.09. The molecule has 48 heavy (non-hydrogen) atoms. The summed E-state index contributed by atoms with van der Waals surface area (Å²) in [5.74, 6) is 0. The highest BCUT2D eigenvalue weighted by Gasteiger charge is 2.54. The van der Waals surface area contributed by atoms with Crippen molar-refractivity contribution >= 4 is 30.9 Å². The highest BCUT2D eigenvalue weighted by molar-refractivity contribution is 7.99. The van der Waals surface area contributed by atoms with Crippen molar-refractivity contribution in [3.8, 4) is 0 Å². The standard InChI is InChI=1S/C41H54O5SSi/c1-29(2)48(30(3)4,31(5)6)46-38-37(28-42-25-32-16-10-8-11-17-32)45-41(47-7)40(39(38)43-26-33-18-12-9-13-19-33)44-27-34-22-23-35-20-14-15-21-36(35)24-34/h8-24,29-31,37-41H,25-28H2,1-7H3/t37-,38-,39+,40+,41-/m1/s1. The molecule has 0 radical (unpaired) electrons. The van der Waals surface area contributed by atoms with E-state index in [4.69, 9.17) is 23.4 Å². The Morgan fingerprint density at radius 1 is 0.604 bits per heavy atom. The second-order valence-corrected chi connectivity index (χ2v) is 20.2. The van der Waals surface area contributed by atoms with Gasteiger partial charge in [0.1, 0.15) is 29.9 Å². The SMILES string of the molecule is CS[C@H]1O[C@H](COCc2ccccc2)[C@@H](O[Si](C(C)C)(C(C)C)C(C)C)[C@H](OCc2ccccc2)[C@@H]1OCc1ccc2ccccc2c1. The molecule has 0 unspecified atom stereocenters. The maximum atomic E-state index is 7.63. The molecular formula is C41H54O5SSi. The summed E-state index contributed by atoms with van der Waals surface area (Å²) in [6.07, 6.45) is 0.669. The van der Waals surface area contributed by atoms with E-state index < -0.39 is 8.32 Å². The van der Waals surface area contributed by atoms with Crippen LogP contribution in [0.25, 0.3) is 10.8 Å². The summed E-state index contributed by atoms with van der Waals surface area (Å²) in [4.78, 5) is 0. The smallest absolute Gasteiger partial charge is 0.201 e. The number of ether oxygens (including phenoxy) is 4. The maximum Gasteiger partial charge on any atom is 0.201 e. The number of rotatable bonds is 16. The molecule has 0 N–H and O–H groups in total. The van der Waals surface area contributed by atoms with Crippen molar-refractivity contribution in [3.05, 3.63) is 120 Å². The summed E-state index contributed by atoms with van der Waals surface area (Å²) in [5, 5.41) is 2.42. The highest BCUT2D eigenvalue weighted by Crippen LogP contribution is 2.46. The third-order valence-corrected chi connectivity index (χ3v) is 16.7. The fraction of sp³-hybridized carbons (Fsp3) is 0.463. The summed E-state index contributed by atoms with van der Waals surface area (Å²) < 4.78 is 34.9. The first-order chi connectivity index (χ1) is 23.2. The van der Waals surface area contributed by atoms with Crippen LogP contribution in [0, 0.1) is 0 Å². The lowest BCUT2D eigenvalue weighted by Gasteiger charge is -2.52. The van der Waals surface area contributed by atoms with Crippen molar-refractivity contribution in [1.82, 2.24) is 0 Å². The van der Waals surface area contributed by atoms with Crippen molar-refractivity contribution in [2.24, 2.45) is 0 Å². The molecule has 0 spiro atoms. The van der Waals surface area contributed by atoms with Gasteiger partial charge in [0, 0.05) is 0 Å². The third kappa shape index (κ3) is 8.80. The van der Waals surface area contributed by atoms with Crippen molar-refractivity contribution in [2.75, 3.05) is 12.9 Å². The summed E-state index contributed by atoms with van der Waals surface area (Å²) in [7, 11) is -2.37. The minimum atomic E-state index is -2.37. The van der Waals surface area contributed by atoms with E-state index in [2.05, 4.69) is 127 Å². The van der Waals surface area contributed by atoms with Crippen LogP contribution in [-0.2, 0) is 43.2 Å². The Morgan fingerprint density at radius 3 is 1.75 bits per heavy atom. The van der Waals surface area contributed by atoms with Gasteiger partial charge in [-0.3, -0.25) is 0 Å². The van der Waals surface area contributed by atoms with E-state index in [1.807, 2.05) is 24.3 Å². The van der Waals surface area contributed by atoms with E-state index in [1.165, 1.54) is 10.8 Å². The lowest BCUT2D eigenvalue weighted by atomic mass is 9.99. The highest BCUT2D eigenvalue weighted by atomic mass is 32.2. The molecule has 0 saturated carbocycles. The molecule has 4 aromatic rings. The van der Waals surface area contributed by atoms with Gasteiger partial charge in [0.25, 0.3) is 0 Å². The van der Waals surface area contributed by atoms with Crippen LogP contribution in [-0.4, -0.2) is 51.0 Å². The summed E-state index contributed by atoms with van der Waals surface area (Å²) in [6.45, 7) is 15.8. The predicted octanol–water partition coefficient (Wildman–Crippen LogP) is 10.2. The Kier molecular flexibility index (Phi) is 13.4. The third-order valence-electron chi connectivity index (χ3n) is 9.81. The molecule has 5 atom stereocenters. The largest absolute Gasteiger partial charge is 0.408 e. The van der Waals surface area contributed by atoms with Crippen LogP contribution in [0.5, 0.6) is 0 Å². The molecule has 1 aliphatic rings. The minimum absolute atomic E-state index is 0.260. The van der Waals surface area contributed by atoms with Crippen LogP contribution in [0.1, 0.15) is 58.2 Å². The molecule has 1 fully saturated rings. The number of thioether (sulfide) groups is 1. The summed E-state index contributed by atoms with van der Waals surface area (Å²) >= 11 is 1.66. The van der Waals surface area contributed by atoms with Crippen LogP contribution < -0.4 is 0 Å². The second kappa shape index (κ2) is 17.4. The van der Waals surface area contributed by atoms with Gasteiger partial charge in [-0.25, -0.2) is 0 Å². The number of hydrogen-bond donors (Lipinski definition) is 0. The van der Waals surface area contributed by atoms with Crippen LogP contribution in [0.15, 0.2) is 103 Å². The van der Waals surface area contributed by atoms with E-state index in [-0.39, 0.29) is 29.9 Å². The van der Waals surface area contributed by atoms with Crippen LogP contribution in [0.3, 0.4) is 0 Å². The number of benzene rings is 4. The van der Waals surface area contributed by atoms with Crippen molar-refractivity contribution < 1.29 is 23.4 Å². The first-order valence-corrected chi connectivity index (χ1v) is 20.9. The van der Waals surface area contributed by atoms with Crippen LogP contribution in [0.2, 0.25) is 16.6 Å². The summed E-state index contributed by atoms with van der Waals surface area (Å²) in [5.41, 5.74) is 4.31. The normalized spacial score (nSPS) is 21.8. The molecule has 4 aromatic carbocycles. The Hall–Kier alpha value is -2.49. The first kappa shape index (κ1) is 36.8. The predicted molar refractivity (Wildman–Crippen MR) is 202 cm³/mol. The number of hydrogen-bond acceptors (Lipinski definition) is 6. The van der Waals surface area contributed by atoms with Gasteiger partial charge in [0.05, 0.1) is 26.4 Å². The Morgan fingerprint density at radius 2 is 1.15 bits per heavy atom. The van der Waals surface area contributed by atoms with Gasteiger partial charge in [0.15, 0.2) is 0 Å². The first-order valence-electron chi connectivity index (χ1n) is 17.5. The lowest BCUT2D eigenvalue weighted by Crippen LogP contribution is -2.64. The van der Waals surface area contributed by atoms with E-state index in [0.717, 1.165) is 16.7 Å². The Bertz CT molecular complexity index is 1510. The van der Waals surface area contributed by atoms with Gasteiger partial charge in [-0.1, -0.05) is 139 Å². The quantitative estimate of drug-likeness (QED) is 0.109. The second-order valence-electron chi connectivity index (χ2n) is 13.9. The van der Waals surface area contributed by atoms with Crippen molar-refractivity contribution in [1.29, 1.82) is 0 Å². The monoisotopic (exact) mass is 686 g/mol. The molecule has 0 aliphatic carbocycles. The molecule has 0 bridgehead atoms. The fourth-order valence-corrected chi connectivity index (χ4v) is 13.8. The maximum absolute atomic E-state index is 7.63. The van der Waals surface area contributed by atoms with Gasteiger partial charge in [0.2, 0.25) is 8.32 Å². The molecular weight excluding hydrogens is 633 g/mol. The Balaban J connectivity index is 1.50. The lowest BCUT2D eigenvalue weighted by molar-refractivity contribution is -0.237. The van der Waals surface area contributed by atoms with Crippen LogP contribution in [0.4, 0.5) is 0 Å². The number of fused-ring (bicyclic) bond motifs is 1. The molecule has 1 aliphatic heterocycles. The molecule has 0 aromatic heterocycles.